The molecule has 11 heteroatoms. The molecule has 2 aliphatic rings. The second kappa shape index (κ2) is 12.6. The number of fused-ring (bicyclic) bond motifs is 1. The SMILES string of the molecule is Cc1cccc(C=NNc2cc(N3CCOCC3)n3nc(-c4ccc(C(=O)OC(C)(C)C)cc4N4CCNCC4)cc3n2)c1. The van der Waals surface area contributed by atoms with Crippen LogP contribution in [0.3, 0.4) is 0 Å². The number of piperazine rings is 1. The lowest BCUT2D eigenvalue weighted by atomic mass is 10.0. The quantitative estimate of drug-likeness (QED) is 0.183. The van der Waals surface area contributed by atoms with Gasteiger partial charge in [-0.3, -0.25) is 5.43 Å². The fourth-order valence-corrected chi connectivity index (χ4v) is 5.47. The van der Waals surface area contributed by atoms with Gasteiger partial charge in [0.2, 0.25) is 0 Å². The van der Waals surface area contributed by atoms with Gasteiger partial charge in [-0.05, 0) is 51.5 Å². The number of morpholine rings is 1. The Balaban J connectivity index is 1.39. The molecular weight excluding hydrogens is 556 g/mol. The number of hydrazone groups is 1. The standard InChI is InChI=1S/C33H40N8O3/c1-23-6-5-7-24(18-23)22-35-37-29-21-31(40-14-16-43-17-15-40)41-30(36-29)20-27(38-41)26-9-8-25(32(42)44-33(2,3)4)19-28(26)39-12-10-34-11-13-39/h5-9,18-22,34H,10-17H2,1-4H3,(H,36,37). The number of anilines is 3. The third kappa shape index (κ3) is 6.84. The maximum absolute atomic E-state index is 13.0. The fourth-order valence-electron chi connectivity index (χ4n) is 5.47. The smallest absolute Gasteiger partial charge is 0.338 e. The number of nitrogens with one attached hydrogen (secondary N) is 2. The largest absolute Gasteiger partial charge is 0.456 e. The van der Waals surface area contributed by atoms with Crippen molar-refractivity contribution in [3.8, 4) is 11.3 Å². The molecule has 2 saturated heterocycles. The predicted octanol–water partition coefficient (Wildman–Crippen LogP) is 4.35. The molecule has 4 aromatic rings. The summed E-state index contributed by atoms with van der Waals surface area (Å²) in [6.45, 7) is 13.8. The van der Waals surface area contributed by atoms with Gasteiger partial charge in [-0.2, -0.15) is 14.7 Å². The van der Waals surface area contributed by atoms with E-state index in [1.807, 2.05) is 67.8 Å². The van der Waals surface area contributed by atoms with Gasteiger partial charge >= 0.3 is 5.97 Å². The Morgan fingerprint density at radius 1 is 1.02 bits per heavy atom. The summed E-state index contributed by atoms with van der Waals surface area (Å²) >= 11 is 0. The molecule has 2 aromatic carbocycles. The molecule has 2 N–H and O–H groups in total. The number of rotatable bonds is 7. The van der Waals surface area contributed by atoms with Gasteiger partial charge in [0.25, 0.3) is 0 Å². The number of esters is 1. The molecule has 11 nitrogen and oxygen atoms in total. The summed E-state index contributed by atoms with van der Waals surface area (Å²) in [5.74, 6) is 1.19. The molecule has 2 aliphatic heterocycles. The number of aryl methyl sites for hydroxylation is 1. The van der Waals surface area contributed by atoms with E-state index in [-0.39, 0.29) is 5.97 Å². The normalized spacial score (nSPS) is 16.1. The number of hydrogen-bond acceptors (Lipinski definition) is 10. The van der Waals surface area contributed by atoms with E-state index in [9.17, 15) is 4.79 Å². The number of carbonyl (C=O) groups is 1. The minimum Gasteiger partial charge on any atom is -0.456 e. The minimum absolute atomic E-state index is 0.339. The van der Waals surface area contributed by atoms with Crippen LogP contribution in [0.15, 0.2) is 59.7 Å². The Bertz CT molecular complexity index is 1660. The highest BCUT2D eigenvalue weighted by molar-refractivity contribution is 5.93. The molecule has 0 aliphatic carbocycles. The summed E-state index contributed by atoms with van der Waals surface area (Å²) in [6, 6.07) is 17.9. The van der Waals surface area contributed by atoms with E-state index in [4.69, 9.17) is 19.6 Å². The van der Waals surface area contributed by atoms with Gasteiger partial charge in [-0.25, -0.2) is 9.78 Å². The van der Waals surface area contributed by atoms with Crippen LogP contribution < -0.4 is 20.5 Å². The van der Waals surface area contributed by atoms with E-state index in [0.717, 1.165) is 67.6 Å². The van der Waals surface area contributed by atoms with Gasteiger partial charge < -0.3 is 24.6 Å². The maximum atomic E-state index is 13.0. The van der Waals surface area contributed by atoms with Crippen molar-refractivity contribution in [2.75, 3.05) is 67.7 Å². The Kier molecular flexibility index (Phi) is 8.49. The second-order valence-corrected chi connectivity index (χ2v) is 12.2. The number of ether oxygens (including phenoxy) is 2. The molecule has 0 bridgehead atoms. The molecule has 0 saturated carbocycles. The van der Waals surface area contributed by atoms with Crippen LogP contribution >= 0.6 is 0 Å². The molecule has 230 valence electrons. The zero-order valence-electron chi connectivity index (χ0n) is 25.8. The van der Waals surface area contributed by atoms with Crippen LogP contribution in [0.25, 0.3) is 16.9 Å². The zero-order valence-corrected chi connectivity index (χ0v) is 25.8. The number of aromatic nitrogens is 3. The van der Waals surface area contributed by atoms with E-state index in [2.05, 4.69) is 44.7 Å². The average Bonchev–Trinajstić information content (AvgIpc) is 3.44. The first-order valence-corrected chi connectivity index (χ1v) is 15.2. The van der Waals surface area contributed by atoms with Crippen LogP contribution in [0.4, 0.5) is 17.3 Å². The molecule has 0 spiro atoms. The molecular formula is C33H40N8O3. The molecule has 2 aromatic heterocycles. The molecule has 0 unspecified atom stereocenters. The first-order valence-electron chi connectivity index (χ1n) is 15.2. The van der Waals surface area contributed by atoms with Gasteiger partial charge in [0.1, 0.15) is 11.4 Å². The highest BCUT2D eigenvalue weighted by Crippen LogP contribution is 2.34. The van der Waals surface area contributed by atoms with Crippen LogP contribution in [0.1, 0.15) is 42.3 Å². The van der Waals surface area contributed by atoms with Crippen molar-refractivity contribution in [1.29, 1.82) is 0 Å². The first-order chi connectivity index (χ1) is 21.2. The third-order valence-corrected chi connectivity index (χ3v) is 7.54. The van der Waals surface area contributed by atoms with Crippen LogP contribution in [0.5, 0.6) is 0 Å². The van der Waals surface area contributed by atoms with Crippen LogP contribution in [0, 0.1) is 6.92 Å². The van der Waals surface area contributed by atoms with Crippen molar-refractivity contribution in [2.24, 2.45) is 5.10 Å². The highest BCUT2D eigenvalue weighted by Gasteiger charge is 2.24. The number of carbonyl (C=O) groups excluding carboxylic acids is 1. The highest BCUT2D eigenvalue weighted by atomic mass is 16.6. The lowest BCUT2D eigenvalue weighted by molar-refractivity contribution is 0.00695. The Hall–Kier alpha value is -4.48. The van der Waals surface area contributed by atoms with Gasteiger partial charge in [0.15, 0.2) is 11.5 Å². The summed E-state index contributed by atoms with van der Waals surface area (Å²) < 4.78 is 13.2. The third-order valence-electron chi connectivity index (χ3n) is 7.54. The van der Waals surface area contributed by atoms with Crippen molar-refractivity contribution >= 4 is 35.2 Å². The van der Waals surface area contributed by atoms with E-state index in [0.29, 0.717) is 30.2 Å². The van der Waals surface area contributed by atoms with Crippen LogP contribution in [0.2, 0.25) is 0 Å². The van der Waals surface area contributed by atoms with Crippen LogP contribution in [-0.4, -0.2) is 84.9 Å². The number of hydrogen-bond donors (Lipinski definition) is 2. The summed E-state index contributed by atoms with van der Waals surface area (Å²) in [6.07, 6.45) is 1.79. The molecule has 44 heavy (non-hydrogen) atoms. The summed E-state index contributed by atoms with van der Waals surface area (Å²) in [4.78, 5) is 22.4. The monoisotopic (exact) mass is 596 g/mol. The Labute approximate surface area is 257 Å². The molecule has 2 fully saturated rings. The van der Waals surface area contributed by atoms with Crippen molar-refractivity contribution < 1.29 is 14.3 Å². The molecule has 0 radical (unpaired) electrons. The van der Waals surface area contributed by atoms with Gasteiger partial charge in [-0.15, -0.1) is 0 Å². The summed E-state index contributed by atoms with van der Waals surface area (Å²) in [5.41, 5.74) is 8.61. The van der Waals surface area contributed by atoms with Crippen molar-refractivity contribution in [3.05, 3.63) is 71.3 Å². The van der Waals surface area contributed by atoms with Gasteiger partial charge in [-0.1, -0.05) is 29.8 Å². The predicted molar refractivity (Wildman–Crippen MR) is 174 cm³/mol. The first kappa shape index (κ1) is 29.6. The topological polar surface area (TPSA) is 109 Å². The van der Waals surface area contributed by atoms with Gasteiger partial charge in [0, 0.05) is 62.7 Å². The minimum atomic E-state index is -0.579. The molecule has 4 heterocycles. The molecule has 0 atom stereocenters. The van der Waals surface area contributed by atoms with Crippen LogP contribution in [-0.2, 0) is 9.47 Å². The van der Waals surface area contributed by atoms with E-state index >= 15 is 0 Å². The van der Waals surface area contributed by atoms with E-state index in [1.54, 1.807) is 6.21 Å². The van der Waals surface area contributed by atoms with Crippen molar-refractivity contribution in [1.82, 2.24) is 19.9 Å². The summed E-state index contributed by atoms with van der Waals surface area (Å²) in [7, 11) is 0. The Morgan fingerprint density at radius 3 is 2.57 bits per heavy atom. The Morgan fingerprint density at radius 2 is 1.82 bits per heavy atom. The molecule has 6 rings (SSSR count). The molecule has 0 amide bonds. The second-order valence-electron chi connectivity index (χ2n) is 12.2. The zero-order chi connectivity index (χ0) is 30.7. The average molecular weight is 597 g/mol. The number of nitrogens with zero attached hydrogens (tertiary/aromatic N) is 6. The lowest BCUT2D eigenvalue weighted by Gasteiger charge is -2.31. The number of benzene rings is 2. The van der Waals surface area contributed by atoms with E-state index in [1.165, 1.54) is 5.56 Å². The fraction of sp³-hybridized carbons (Fsp3) is 0.394. The van der Waals surface area contributed by atoms with Gasteiger partial charge in [0.05, 0.1) is 30.7 Å². The summed E-state index contributed by atoms with van der Waals surface area (Å²) in [5, 5.41) is 13.0. The van der Waals surface area contributed by atoms with E-state index < -0.39 is 5.60 Å². The maximum Gasteiger partial charge on any atom is 0.338 e. The van der Waals surface area contributed by atoms with Crippen molar-refractivity contribution in [2.45, 2.75) is 33.3 Å². The lowest BCUT2D eigenvalue weighted by Crippen LogP contribution is -2.43. The van der Waals surface area contributed by atoms with Crippen molar-refractivity contribution in [3.63, 3.8) is 0 Å².